The van der Waals surface area contributed by atoms with Gasteiger partial charge in [0.05, 0.1) is 6.42 Å². The van der Waals surface area contributed by atoms with Crippen molar-refractivity contribution in [2.24, 2.45) is 0 Å². The summed E-state index contributed by atoms with van der Waals surface area (Å²) in [6.45, 7) is 2.79. The quantitative estimate of drug-likeness (QED) is 0.403. The largest absolute Gasteiger partial charge is 0.385 e. The molecular weight excluding hydrogens is 204 g/mol. The molecule has 0 fully saturated rings. The normalized spacial score (nSPS) is 10.4. The molecule has 94 valence electrons. The van der Waals surface area contributed by atoms with E-state index in [0.29, 0.717) is 19.4 Å². The highest BCUT2D eigenvalue weighted by Crippen LogP contribution is 2.05. The molecule has 3 heteroatoms. The summed E-state index contributed by atoms with van der Waals surface area (Å²) in [6.07, 6.45) is 6.05. The van der Waals surface area contributed by atoms with Gasteiger partial charge >= 0.3 is 0 Å². The highest BCUT2D eigenvalue weighted by atomic mass is 16.5. The number of methoxy groups -OCH3 is 1. The Kier molecular flexibility index (Phi) is 10.3. The number of ether oxygens (including phenoxy) is 1. The molecule has 0 aromatic carbocycles. The lowest BCUT2D eigenvalue weighted by atomic mass is 10.0. The smallest absolute Gasteiger partial charge is 0.140 e. The molecule has 0 aliphatic carbocycles. The van der Waals surface area contributed by atoms with Gasteiger partial charge in [0.2, 0.25) is 0 Å². The van der Waals surface area contributed by atoms with Gasteiger partial charge < -0.3 is 4.74 Å². The van der Waals surface area contributed by atoms with E-state index in [2.05, 4.69) is 6.92 Å². The standard InChI is InChI=1S/C13H24O3/c1-3-4-5-8-12(14)11-13(15)9-6-7-10-16-2/h3-11H2,1-2H3. The monoisotopic (exact) mass is 228 g/mol. The second-order valence-corrected chi connectivity index (χ2v) is 4.16. The molecule has 0 aromatic heterocycles. The van der Waals surface area contributed by atoms with Crippen LogP contribution in [0.3, 0.4) is 0 Å². The number of ketones is 2. The third-order valence-electron chi connectivity index (χ3n) is 2.51. The van der Waals surface area contributed by atoms with Crippen LogP contribution in [0.1, 0.15) is 58.3 Å². The average Bonchev–Trinajstić information content (AvgIpc) is 2.25. The first-order chi connectivity index (χ1) is 7.70. The van der Waals surface area contributed by atoms with Gasteiger partial charge in [-0.3, -0.25) is 9.59 Å². The van der Waals surface area contributed by atoms with Gasteiger partial charge in [-0.2, -0.15) is 0 Å². The minimum atomic E-state index is 0.0811. The van der Waals surface area contributed by atoms with Crippen molar-refractivity contribution in [2.45, 2.75) is 58.3 Å². The van der Waals surface area contributed by atoms with Crippen LogP contribution >= 0.6 is 0 Å². The Labute approximate surface area is 98.6 Å². The van der Waals surface area contributed by atoms with Crippen molar-refractivity contribution in [3.8, 4) is 0 Å². The molecule has 0 bridgehead atoms. The van der Waals surface area contributed by atoms with E-state index in [1.807, 2.05) is 0 Å². The summed E-state index contributed by atoms with van der Waals surface area (Å²) in [6, 6.07) is 0. The Morgan fingerprint density at radius 1 is 0.938 bits per heavy atom. The van der Waals surface area contributed by atoms with Crippen LogP contribution in [0, 0.1) is 0 Å². The second kappa shape index (κ2) is 10.8. The Balaban J connectivity index is 3.43. The number of hydrogen-bond donors (Lipinski definition) is 0. The molecule has 0 aliphatic heterocycles. The van der Waals surface area contributed by atoms with Crippen molar-refractivity contribution in [2.75, 3.05) is 13.7 Å². The maximum atomic E-state index is 11.4. The number of rotatable bonds is 11. The van der Waals surface area contributed by atoms with Gasteiger partial charge in [-0.25, -0.2) is 0 Å². The van der Waals surface area contributed by atoms with Crippen molar-refractivity contribution >= 4 is 11.6 Å². The van der Waals surface area contributed by atoms with Crippen LogP contribution in [-0.2, 0) is 14.3 Å². The van der Waals surface area contributed by atoms with E-state index >= 15 is 0 Å². The number of unbranched alkanes of at least 4 members (excludes halogenated alkanes) is 3. The van der Waals surface area contributed by atoms with Crippen LogP contribution in [0.2, 0.25) is 0 Å². The highest BCUT2D eigenvalue weighted by molar-refractivity contribution is 5.98. The van der Waals surface area contributed by atoms with Crippen molar-refractivity contribution in [1.29, 1.82) is 0 Å². The Hall–Kier alpha value is -0.700. The fourth-order valence-corrected chi connectivity index (χ4v) is 1.54. The number of carbonyl (C=O) groups is 2. The molecule has 0 aromatic rings. The maximum absolute atomic E-state index is 11.4. The predicted molar refractivity (Wildman–Crippen MR) is 64.5 cm³/mol. The van der Waals surface area contributed by atoms with Gasteiger partial charge in [0, 0.05) is 26.6 Å². The van der Waals surface area contributed by atoms with Crippen molar-refractivity contribution in [3.05, 3.63) is 0 Å². The topological polar surface area (TPSA) is 43.4 Å². The fourth-order valence-electron chi connectivity index (χ4n) is 1.54. The summed E-state index contributed by atoms with van der Waals surface area (Å²) in [5.41, 5.74) is 0. The molecule has 0 amide bonds. The average molecular weight is 228 g/mol. The van der Waals surface area contributed by atoms with Crippen LogP contribution in [0.5, 0.6) is 0 Å². The fraction of sp³-hybridized carbons (Fsp3) is 0.846. The summed E-state index contributed by atoms with van der Waals surface area (Å²) < 4.78 is 4.89. The Bertz CT molecular complexity index is 199. The number of hydrogen-bond acceptors (Lipinski definition) is 3. The molecule has 0 aliphatic rings. The molecule has 0 radical (unpaired) electrons. The zero-order chi connectivity index (χ0) is 12.2. The van der Waals surface area contributed by atoms with Crippen molar-refractivity contribution in [3.63, 3.8) is 0 Å². The summed E-state index contributed by atoms with van der Waals surface area (Å²) in [5.74, 6) is 0.183. The van der Waals surface area contributed by atoms with Gasteiger partial charge in [-0.1, -0.05) is 19.8 Å². The molecule has 0 unspecified atom stereocenters. The molecule has 0 saturated carbocycles. The molecule has 3 nitrogen and oxygen atoms in total. The van der Waals surface area contributed by atoms with E-state index < -0.39 is 0 Å². The molecule has 0 atom stereocenters. The van der Waals surface area contributed by atoms with E-state index in [1.165, 1.54) is 0 Å². The second-order valence-electron chi connectivity index (χ2n) is 4.16. The van der Waals surface area contributed by atoms with Gasteiger partial charge in [0.1, 0.15) is 11.6 Å². The lowest BCUT2D eigenvalue weighted by Gasteiger charge is -2.01. The SMILES string of the molecule is CCCCCC(=O)CC(=O)CCCCOC. The van der Waals surface area contributed by atoms with Gasteiger partial charge in [-0.05, 0) is 19.3 Å². The minimum absolute atomic E-state index is 0.0811. The van der Waals surface area contributed by atoms with Crippen LogP contribution in [0.15, 0.2) is 0 Å². The van der Waals surface area contributed by atoms with Crippen molar-refractivity contribution < 1.29 is 14.3 Å². The van der Waals surface area contributed by atoms with E-state index in [9.17, 15) is 9.59 Å². The molecule has 0 N–H and O–H groups in total. The van der Waals surface area contributed by atoms with E-state index in [-0.39, 0.29) is 18.0 Å². The lowest BCUT2D eigenvalue weighted by molar-refractivity contribution is -0.127. The van der Waals surface area contributed by atoms with E-state index in [4.69, 9.17) is 4.74 Å². The van der Waals surface area contributed by atoms with Crippen molar-refractivity contribution in [1.82, 2.24) is 0 Å². The molecule has 0 spiro atoms. The number of Topliss-reactive ketones (excluding diaryl/α,β-unsaturated/α-hetero) is 2. The third kappa shape index (κ3) is 9.84. The van der Waals surface area contributed by atoms with Gasteiger partial charge in [0.15, 0.2) is 0 Å². The molecule has 0 rings (SSSR count). The number of carbonyl (C=O) groups excluding carboxylic acids is 2. The van der Waals surface area contributed by atoms with Gasteiger partial charge in [0.25, 0.3) is 0 Å². The molecule has 0 saturated heterocycles. The maximum Gasteiger partial charge on any atom is 0.140 e. The highest BCUT2D eigenvalue weighted by Gasteiger charge is 2.08. The minimum Gasteiger partial charge on any atom is -0.385 e. The first kappa shape index (κ1) is 15.3. The van der Waals surface area contributed by atoms with Crippen LogP contribution in [0.4, 0.5) is 0 Å². The zero-order valence-corrected chi connectivity index (χ0v) is 10.6. The first-order valence-electron chi connectivity index (χ1n) is 6.23. The third-order valence-corrected chi connectivity index (χ3v) is 2.51. The molecular formula is C13H24O3. The lowest BCUT2D eigenvalue weighted by Crippen LogP contribution is -2.07. The summed E-state index contributed by atoms with van der Waals surface area (Å²) in [4.78, 5) is 22.8. The Morgan fingerprint density at radius 3 is 2.00 bits per heavy atom. The first-order valence-corrected chi connectivity index (χ1v) is 6.23. The summed E-state index contributed by atoms with van der Waals surface area (Å²) >= 11 is 0. The van der Waals surface area contributed by atoms with Crippen LogP contribution < -0.4 is 0 Å². The summed E-state index contributed by atoms with van der Waals surface area (Å²) in [7, 11) is 1.65. The van der Waals surface area contributed by atoms with Gasteiger partial charge in [-0.15, -0.1) is 0 Å². The van der Waals surface area contributed by atoms with E-state index in [1.54, 1.807) is 7.11 Å². The van der Waals surface area contributed by atoms with Crippen LogP contribution in [-0.4, -0.2) is 25.3 Å². The van der Waals surface area contributed by atoms with Crippen LogP contribution in [0.25, 0.3) is 0 Å². The molecule has 0 heterocycles. The summed E-state index contributed by atoms with van der Waals surface area (Å²) in [5, 5.41) is 0. The predicted octanol–water partition coefficient (Wildman–Crippen LogP) is 2.91. The van der Waals surface area contributed by atoms with E-state index in [0.717, 1.165) is 32.1 Å². The Morgan fingerprint density at radius 2 is 1.50 bits per heavy atom. The molecule has 16 heavy (non-hydrogen) atoms. The zero-order valence-electron chi connectivity index (χ0n) is 10.6.